The highest BCUT2D eigenvalue weighted by Gasteiger charge is 2.14. The number of aliphatic hydroxyl groups excluding tert-OH is 1. The first kappa shape index (κ1) is 27.6. The number of hydrogen-bond donors (Lipinski definition) is 3. The van der Waals surface area contributed by atoms with Gasteiger partial charge < -0.3 is 24.6 Å². The van der Waals surface area contributed by atoms with E-state index in [1.807, 2.05) is 43.3 Å². The minimum Gasteiger partial charge on any atom is -0.493 e. The third-order valence-electron chi connectivity index (χ3n) is 6.01. The van der Waals surface area contributed by atoms with Crippen LogP contribution < -0.4 is 20.2 Å². The first-order valence-electron chi connectivity index (χ1n) is 12.7. The van der Waals surface area contributed by atoms with Crippen LogP contribution in [-0.4, -0.2) is 62.8 Å². The van der Waals surface area contributed by atoms with Crippen molar-refractivity contribution in [3.8, 4) is 11.5 Å². The molecule has 1 aliphatic rings. The van der Waals surface area contributed by atoms with Gasteiger partial charge in [0.1, 0.15) is 24.2 Å². The lowest BCUT2D eigenvalue weighted by Crippen LogP contribution is -2.32. The molecule has 3 N–H and O–H groups in total. The number of hydrazone groups is 1. The summed E-state index contributed by atoms with van der Waals surface area (Å²) in [7, 11) is 1.70. The quantitative estimate of drug-likeness (QED) is 0.308. The normalized spacial score (nSPS) is 14.2. The Morgan fingerprint density at radius 1 is 1.06 bits per heavy atom. The molecule has 0 aromatic heterocycles. The second kappa shape index (κ2) is 15.2. The Morgan fingerprint density at radius 2 is 1.89 bits per heavy atom. The molecule has 2 aromatic carbocycles. The molecule has 0 unspecified atom stereocenters. The zero-order valence-corrected chi connectivity index (χ0v) is 21.4. The van der Waals surface area contributed by atoms with Crippen LogP contribution >= 0.6 is 0 Å². The molecule has 0 saturated heterocycles. The standard InChI is InChI=1S/C28H39N3O5/c1-21-18-23(26-11-13-28(33)31-30-26)8-12-27(21)35-16-5-3-4-15-29-19-24(32)20-36-25-9-6-22(7-10-25)14-17-34-2/h6-10,12,18,24,29,32H,3-5,11,13-17,19-20H2,1-2H3,(H,31,33)/t24-/m0/s1. The highest BCUT2D eigenvalue weighted by Crippen LogP contribution is 2.21. The van der Waals surface area contributed by atoms with Crippen LogP contribution in [0, 0.1) is 6.92 Å². The topological polar surface area (TPSA) is 101 Å². The minimum atomic E-state index is -0.553. The van der Waals surface area contributed by atoms with Crippen LogP contribution in [0.15, 0.2) is 47.6 Å². The number of hydrogen-bond acceptors (Lipinski definition) is 7. The Labute approximate surface area is 214 Å². The molecule has 1 atom stereocenters. The second-order valence-electron chi connectivity index (χ2n) is 9.04. The maximum absolute atomic E-state index is 11.3. The number of unbranched alkanes of at least 4 members (excludes halogenated alkanes) is 2. The molecular weight excluding hydrogens is 458 g/mol. The number of aryl methyl sites for hydroxylation is 1. The lowest BCUT2D eigenvalue weighted by atomic mass is 10.0. The molecular formula is C28H39N3O5. The van der Waals surface area contributed by atoms with Crippen LogP contribution in [0.3, 0.4) is 0 Å². The van der Waals surface area contributed by atoms with Crippen LogP contribution in [0.4, 0.5) is 0 Å². The molecule has 0 aliphatic carbocycles. The summed E-state index contributed by atoms with van der Waals surface area (Å²) in [6, 6.07) is 13.9. The van der Waals surface area contributed by atoms with E-state index in [9.17, 15) is 9.90 Å². The predicted octanol–water partition coefficient (Wildman–Crippen LogP) is 3.38. The van der Waals surface area contributed by atoms with Gasteiger partial charge in [-0.3, -0.25) is 4.79 Å². The van der Waals surface area contributed by atoms with E-state index in [4.69, 9.17) is 14.2 Å². The summed E-state index contributed by atoms with van der Waals surface area (Å²) >= 11 is 0. The van der Waals surface area contributed by atoms with Gasteiger partial charge in [-0.05, 0) is 86.2 Å². The van der Waals surface area contributed by atoms with Crippen LogP contribution in [0.2, 0.25) is 0 Å². The SMILES string of the molecule is COCCc1ccc(OC[C@@H](O)CNCCCCCOc2ccc(C3=NNC(=O)CC3)cc2C)cc1. The molecule has 0 bridgehead atoms. The van der Waals surface area contributed by atoms with E-state index >= 15 is 0 Å². The summed E-state index contributed by atoms with van der Waals surface area (Å²) in [6.07, 6.45) is 4.49. The van der Waals surface area contributed by atoms with Crippen molar-refractivity contribution in [2.24, 2.45) is 5.10 Å². The average Bonchev–Trinajstić information content (AvgIpc) is 2.89. The van der Waals surface area contributed by atoms with Crippen molar-refractivity contribution in [2.45, 2.75) is 51.6 Å². The van der Waals surface area contributed by atoms with Gasteiger partial charge in [-0.15, -0.1) is 0 Å². The summed E-state index contributed by atoms with van der Waals surface area (Å²) in [4.78, 5) is 11.3. The number of carbonyl (C=O) groups is 1. The third-order valence-corrected chi connectivity index (χ3v) is 6.01. The number of benzene rings is 2. The number of rotatable bonds is 16. The van der Waals surface area contributed by atoms with Gasteiger partial charge in [0.25, 0.3) is 0 Å². The largest absolute Gasteiger partial charge is 0.493 e. The van der Waals surface area contributed by atoms with Crippen molar-refractivity contribution in [1.29, 1.82) is 0 Å². The molecule has 0 spiro atoms. The highest BCUT2D eigenvalue weighted by atomic mass is 16.5. The van der Waals surface area contributed by atoms with Crippen LogP contribution in [0.25, 0.3) is 0 Å². The van der Waals surface area contributed by atoms with Crippen molar-refractivity contribution >= 4 is 11.6 Å². The fourth-order valence-corrected chi connectivity index (χ4v) is 3.88. The van der Waals surface area contributed by atoms with E-state index in [1.165, 1.54) is 5.56 Å². The van der Waals surface area contributed by atoms with E-state index in [0.717, 1.165) is 60.6 Å². The molecule has 1 heterocycles. The van der Waals surface area contributed by atoms with Gasteiger partial charge in [0.2, 0.25) is 5.91 Å². The first-order valence-corrected chi connectivity index (χ1v) is 12.7. The van der Waals surface area contributed by atoms with Gasteiger partial charge >= 0.3 is 0 Å². The Morgan fingerprint density at radius 3 is 2.61 bits per heavy atom. The van der Waals surface area contributed by atoms with Gasteiger partial charge in [-0.1, -0.05) is 12.1 Å². The van der Waals surface area contributed by atoms with Crippen LogP contribution in [0.1, 0.15) is 48.8 Å². The smallest absolute Gasteiger partial charge is 0.240 e. The Hall–Kier alpha value is -2.94. The fraction of sp³-hybridized carbons (Fsp3) is 0.500. The fourth-order valence-electron chi connectivity index (χ4n) is 3.88. The predicted molar refractivity (Wildman–Crippen MR) is 141 cm³/mol. The number of methoxy groups -OCH3 is 1. The van der Waals surface area contributed by atoms with Crippen molar-refractivity contribution in [3.63, 3.8) is 0 Å². The van der Waals surface area contributed by atoms with Gasteiger partial charge in [0.05, 0.1) is 18.9 Å². The van der Waals surface area contributed by atoms with E-state index in [0.29, 0.717) is 32.6 Å². The van der Waals surface area contributed by atoms with Crippen LogP contribution in [0.5, 0.6) is 11.5 Å². The molecule has 0 saturated carbocycles. The Balaban J connectivity index is 1.22. The number of ether oxygens (including phenoxy) is 3. The van der Waals surface area contributed by atoms with E-state index < -0.39 is 6.10 Å². The molecule has 8 nitrogen and oxygen atoms in total. The molecule has 8 heteroatoms. The van der Waals surface area contributed by atoms with Crippen molar-refractivity contribution in [3.05, 3.63) is 59.2 Å². The second-order valence-corrected chi connectivity index (χ2v) is 9.04. The van der Waals surface area contributed by atoms with Gasteiger partial charge in [0.15, 0.2) is 0 Å². The number of nitrogens with zero attached hydrogens (tertiary/aromatic N) is 1. The minimum absolute atomic E-state index is 0.0354. The maximum atomic E-state index is 11.3. The van der Waals surface area contributed by atoms with Gasteiger partial charge in [-0.25, -0.2) is 5.43 Å². The summed E-state index contributed by atoms with van der Waals surface area (Å²) in [5.41, 5.74) is 6.73. The summed E-state index contributed by atoms with van der Waals surface area (Å²) in [5, 5.41) is 17.6. The number of carbonyl (C=O) groups excluding carboxylic acids is 1. The van der Waals surface area contributed by atoms with Gasteiger partial charge in [0, 0.05) is 26.5 Å². The molecule has 36 heavy (non-hydrogen) atoms. The van der Waals surface area contributed by atoms with E-state index in [2.05, 4.69) is 21.9 Å². The zero-order chi connectivity index (χ0) is 25.6. The maximum Gasteiger partial charge on any atom is 0.240 e. The van der Waals surface area contributed by atoms with Crippen molar-refractivity contribution in [1.82, 2.24) is 10.7 Å². The average molecular weight is 498 g/mol. The molecule has 0 fully saturated rings. The van der Waals surface area contributed by atoms with Crippen molar-refractivity contribution < 1.29 is 24.1 Å². The number of amides is 1. The molecule has 1 amide bonds. The van der Waals surface area contributed by atoms with Crippen LogP contribution in [-0.2, 0) is 16.0 Å². The lowest BCUT2D eigenvalue weighted by molar-refractivity contribution is -0.121. The summed E-state index contributed by atoms with van der Waals surface area (Å²) in [6.45, 7) is 5.00. The Kier molecular flexibility index (Phi) is 11.7. The van der Waals surface area contributed by atoms with E-state index in [1.54, 1.807) is 7.11 Å². The monoisotopic (exact) mass is 497 g/mol. The Bertz CT molecular complexity index is 978. The summed E-state index contributed by atoms with van der Waals surface area (Å²) < 4.78 is 16.7. The molecule has 196 valence electrons. The number of nitrogens with one attached hydrogen (secondary N) is 2. The highest BCUT2D eigenvalue weighted by molar-refractivity contribution is 6.04. The summed E-state index contributed by atoms with van der Waals surface area (Å²) in [5.74, 6) is 1.60. The van der Waals surface area contributed by atoms with E-state index in [-0.39, 0.29) is 12.5 Å². The van der Waals surface area contributed by atoms with Gasteiger partial charge in [-0.2, -0.15) is 5.10 Å². The lowest BCUT2D eigenvalue weighted by Gasteiger charge is -2.15. The first-order chi connectivity index (χ1) is 17.5. The molecule has 0 radical (unpaired) electrons. The third kappa shape index (κ3) is 9.60. The zero-order valence-electron chi connectivity index (χ0n) is 21.4. The number of aliphatic hydroxyl groups is 1. The molecule has 2 aromatic rings. The van der Waals surface area contributed by atoms with Crippen molar-refractivity contribution in [2.75, 3.05) is 40.0 Å². The molecule has 1 aliphatic heterocycles. The molecule has 3 rings (SSSR count).